The molecule has 0 amide bonds. The van der Waals surface area contributed by atoms with Gasteiger partial charge in [-0.3, -0.25) is 16.1 Å². The van der Waals surface area contributed by atoms with Gasteiger partial charge in [0.05, 0.1) is 12.5 Å². The number of hydrogen-bond donors (Lipinski definition) is 5. The van der Waals surface area contributed by atoms with E-state index in [-0.39, 0.29) is 11.9 Å². The fourth-order valence-corrected chi connectivity index (χ4v) is 1.71. The first-order chi connectivity index (χ1) is 7.63. The van der Waals surface area contributed by atoms with Crippen LogP contribution in [0.25, 0.3) is 0 Å². The van der Waals surface area contributed by atoms with E-state index in [2.05, 4.69) is 10.6 Å². The van der Waals surface area contributed by atoms with Gasteiger partial charge in [-0.15, -0.1) is 0 Å². The van der Waals surface area contributed by atoms with E-state index in [4.69, 9.17) is 21.0 Å². The summed E-state index contributed by atoms with van der Waals surface area (Å²) in [6, 6.07) is 0. The highest BCUT2D eigenvalue weighted by atomic mass is 32.2. The van der Waals surface area contributed by atoms with Crippen LogP contribution in [0.3, 0.4) is 0 Å². The van der Waals surface area contributed by atoms with Gasteiger partial charge < -0.3 is 15.5 Å². The summed E-state index contributed by atoms with van der Waals surface area (Å²) in [5.74, 6) is 0.624. The van der Waals surface area contributed by atoms with Crippen LogP contribution in [0.1, 0.15) is 11.1 Å². The lowest BCUT2D eigenvalue weighted by Gasteiger charge is -2.08. The SMILES string of the molecule is CSCc1cocc1CNC(=N)NC(=N)N. The van der Waals surface area contributed by atoms with Gasteiger partial charge in [0.25, 0.3) is 0 Å². The van der Waals surface area contributed by atoms with Crippen molar-refractivity contribution in [3.63, 3.8) is 0 Å². The van der Waals surface area contributed by atoms with Gasteiger partial charge in [0, 0.05) is 23.4 Å². The van der Waals surface area contributed by atoms with Crippen LogP contribution in [0, 0.1) is 10.8 Å². The molecule has 0 radical (unpaired) electrons. The summed E-state index contributed by atoms with van der Waals surface area (Å²) in [7, 11) is 0. The van der Waals surface area contributed by atoms with Crippen molar-refractivity contribution in [2.24, 2.45) is 5.73 Å². The molecule has 16 heavy (non-hydrogen) atoms. The van der Waals surface area contributed by atoms with Crippen molar-refractivity contribution < 1.29 is 4.42 Å². The Bertz CT molecular complexity index is 376. The number of nitrogens with two attached hydrogens (primary N) is 1. The van der Waals surface area contributed by atoms with Gasteiger partial charge in [0.2, 0.25) is 0 Å². The quantitative estimate of drug-likeness (QED) is 0.392. The summed E-state index contributed by atoms with van der Waals surface area (Å²) >= 11 is 1.71. The third kappa shape index (κ3) is 3.85. The highest BCUT2D eigenvalue weighted by Gasteiger charge is 2.05. The molecule has 0 bridgehead atoms. The first-order valence-electron chi connectivity index (χ1n) is 4.60. The van der Waals surface area contributed by atoms with Gasteiger partial charge in [0.1, 0.15) is 0 Å². The summed E-state index contributed by atoms with van der Waals surface area (Å²) in [6.07, 6.45) is 5.37. The standard InChI is InChI=1S/C9H15N5OS/c1-16-5-7-4-15-3-6(7)2-13-9(12)14-8(10)11/h3-4H,2,5H2,1H3,(H6,10,11,12,13,14). The second kappa shape index (κ2) is 6.06. The zero-order chi connectivity index (χ0) is 12.0. The van der Waals surface area contributed by atoms with Crippen LogP contribution in [0.4, 0.5) is 0 Å². The molecule has 0 aliphatic rings. The van der Waals surface area contributed by atoms with E-state index in [1.807, 2.05) is 6.26 Å². The maximum Gasteiger partial charge on any atom is 0.195 e. The molecule has 1 aromatic heterocycles. The van der Waals surface area contributed by atoms with Crippen LogP contribution in [-0.2, 0) is 12.3 Å². The minimum absolute atomic E-state index is 0.00352. The summed E-state index contributed by atoms with van der Waals surface area (Å²) < 4.78 is 5.10. The van der Waals surface area contributed by atoms with Crippen LogP contribution in [0.2, 0.25) is 0 Å². The Kier molecular flexibility index (Phi) is 4.71. The monoisotopic (exact) mass is 241 g/mol. The molecule has 0 aliphatic heterocycles. The molecule has 0 spiro atoms. The minimum Gasteiger partial charge on any atom is -0.472 e. The Hall–Kier alpha value is -1.63. The van der Waals surface area contributed by atoms with E-state index in [0.29, 0.717) is 6.54 Å². The van der Waals surface area contributed by atoms with Gasteiger partial charge in [-0.05, 0) is 6.26 Å². The molecule has 6 N–H and O–H groups in total. The van der Waals surface area contributed by atoms with Gasteiger partial charge >= 0.3 is 0 Å². The number of furan rings is 1. The summed E-state index contributed by atoms with van der Waals surface area (Å²) in [6.45, 7) is 0.478. The molecule has 0 saturated carbocycles. The summed E-state index contributed by atoms with van der Waals surface area (Å²) in [5, 5.41) is 19.5. The largest absolute Gasteiger partial charge is 0.472 e. The molecule has 88 valence electrons. The van der Waals surface area contributed by atoms with Crippen molar-refractivity contribution in [1.29, 1.82) is 10.8 Å². The van der Waals surface area contributed by atoms with E-state index in [1.54, 1.807) is 24.3 Å². The molecule has 6 nitrogen and oxygen atoms in total. The summed E-state index contributed by atoms with van der Waals surface area (Å²) in [5.41, 5.74) is 7.20. The van der Waals surface area contributed by atoms with Crippen LogP contribution >= 0.6 is 11.8 Å². The van der Waals surface area contributed by atoms with Gasteiger partial charge in [-0.1, -0.05) is 0 Å². The Morgan fingerprint density at radius 2 is 2.12 bits per heavy atom. The highest BCUT2D eigenvalue weighted by Crippen LogP contribution is 2.15. The molecule has 0 atom stereocenters. The third-order valence-corrected chi connectivity index (χ3v) is 2.45. The predicted octanol–water partition coefficient (Wildman–Crippen LogP) is 0.650. The number of thioether (sulfide) groups is 1. The van der Waals surface area contributed by atoms with Crippen LogP contribution < -0.4 is 16.4 Å². The number of hydrogen-bond acceptors (Lipinski definition) is 4. The Morgan fingerprint density at radius 1 is 1.44 bits per heavy atom. The van der Waals surface area contributed by atoms with E-state index in [1.165, 1.54) is 0 Å². The van der Waals surface area contributed by atoms with Gasteiger partial charge in [-0.25, -0.2) is 0 Å². The molecule has 1 heterocycles. The molecule has 0 unspecified atom stereocenters. The molecule has 0 aliphatic carbocycles. The lowest BCUT2D eigenvalue weighted by atomic mass is 10.2. The van der Waals surface area contributed by atoms with Crippen LogP contribution in [-0.4, -0.2) is 18.2 Å². The van der Waals surface area contributed by atoms with Crippen LogP contribution in [0.5, 0.6) is 0 Å². The van der Waals surface area contributed by atoms with Gasteiger partial charge in [-0.2, -0.15) is 11.8 Å². The molecule has 0 fully saturated rings. The smallest absolute Gasteiger partial charge is 0.195 e. The van der Waals surface area contributed by atoms with E-state index in [9.17, 15) is 0 Å². The van der Waals surface area contributed by atoms with Crippen molar-refractivity contribution in [2.45, 2.75) is 12.3 Å². The zero-order valence-corrected chi connectivity index (χ0v) is 9.78. The number of nitrogens with one attached hydrogen (secondary N) is 4. The van der Waals surface area contributed by atoms with Crippen molar-refractivity contribution in [3.8, 4) is 0 Å². The lowest BCUT2D eigenvalue weighted by molar-refractivity contribution is 0.561. The Labute approximate surface area is 98.0 Å². The first-order valence-corrected chi connectivity index (χ1v) is 5.99. The Balaban J connectivity index is 2.44. The fourth-order valence-electron chi connectivity index (χ4n) is 1.15. The average molecular weight is 241 g/mol. The van der Waals surface area contributed by atoms with Crippen molar-refractivity contribution in [2.75, 3.05) is 6.26 Å². The predicted molar refractivity (Wildman–Crippen MR) is 65.5 cm³/mol. The molecular weight excluding hydrogens is 226 g/mol. The second-order valence-corrected chi connectivity index (χ2v) is 3.99. The third-order valence-electron chi connectivity index (χ3n) is 1.85. The molecule has 1 rings (SSSR count). The average Bonchev–Trinajstić information content (AvgIpc) is 2.62. The van der Waals surface area contributed by atoms with E-state index >= 15 is 0 Å². The summed E-state index contributed by atoms with van der Waals surface area (Å²) in [4.78, 5) is 0. The topological polar surface area (TPSA) is 111 Å². The second-order valence-electron chi connectivity index (χ2n) is 3.12. The van der Waals surface area contributed by atoms with Crippen molar-refractivity contribution >= 4 is 23.7 Å². The maximum atomic E-state index is 7.42. The van der Waals surface area contributed by atoms with E-state index in [0.717, 1.165) is 16.9 Å². The number of guanidine groups is 2. The molecule has 0 saturated heterocycles. The Morgan fingerprint density at radius 3 is 2.75 bits per heavy atom. The fraction of sp³-hybridized carbons (Fsp3) is 0.333. The molecule has 0 aromatic carbocycles. The molecule has 7 heteroatoms. The van der Waals surface area contributed by atoms with E-state index < -0.39 is 0 Å². The lowest BCUT2D eigenvalue weighted by Crippen LogP contribution is -2.43. The van der Waals surface area contributed by atoms with Crippen LogP contribution in [0.15, 0.2) is 16.9 Å². The zero-order valence-electron chi connectivity index (χ0n) is 8.96. The minimum atomic E-state index is -0.256. The normalized spacial score (nSPS) is 9.81. The highest BCUT2D eigenvalue weighted by molar-refractivity contribution is 7.97. The maximum absolute atomic E-state index is 7.42. The first kappa shape index (κ1) is 12.4. The van der Waals surface area contributed by atoms with Gasteiger partial charge in [0.15, 0.2) is 11.9 Å². The number of rotatable bonds is 4. The molecule has 1 aromatic rings. The van der Waals surface area contributed by atoms with Crippen molar-refractivity contribution in [1.82, 2.24) is 10.6 Å². The molecular formula is C9H15N5OS. The van der Waals surface area contributed by atoms with Crippen molar-refractivity contribution in [3.05, 3.63) is 23.7 Å².